The number of para-hydroxylation sites is 1. The maximum atomic E-state index is 13.4. The number of carbonyl (C=O) groups is 4. The topological polar surface area (TPSA) is 93.6 Å². The molecule has 0 radical (unpaired) electrons. The smallest absolute Gasteiger partial charge is 0.339 e. The summed E-state index contributed by atoms with van der Waals surface area (Å²) in [7, 11) is 0. The van der Waals surface area contributed by atoms with Gasteiger partial charge in [-0.05, 0) is 73.6 Å². The lowest BCUT2D eigenvalue weighted by molar-refractivity contribution is -0.123. The summed E-state index contributed by atoms with van der Waals surface area (Å²) in [6.45, 7) is -0.509. The number of aromatic nitrogens is 1. The molecule has 2 heterocycles. The van der Waals surface area contributed by atoms with E-state index in [1.54, 1.807) is 48.5 Å². The van der Waals surface area contributed by atoms with Gasteiger partial charge in [-0.1, -0.05) is 53.5 Å². The van der Waals surface area contributed by atoms with Crippen molar-refractivity contribution in [2.24, 2.45) is 23.7 Å². The Labute approximate surface area is 251 Å². The predicted molar refractivity (Wildman–Crippen MR) is 159 cm³/mol. The van der Waals surface area contributed by atoms with Crippen LogP contribution in [0.2, 0.25) is 10.0 Å². The highest BCUT2D eigenvalue weighted by molar-refractivity contribution is 6.37. The molecule has 2 amide bonds. The second kappa shape index (κ2) is 10.3. The minimum atomic E-state index is -0.697. The molecular formula is C33H24Cl2N2O5. The van der Waals surface area contributed by atoms with Crippen molar-refractivity contribution in [3.63, 3.8) is 0 Å². The molecule has 3 aromatic carbocycles. The molecule has 210 valence electrons. The Morgan fingerprint density at radius 3 is 2.33 bits per heavy atom. The van der Waals surface area contributed by atoms with Crippen molar-refractivity contribution < 1.29 is 23.9 Å². The van der Waals surface area contributed by atoms with Crippen molar-refractivity contribution in [2.75, 3.05) is 11.5 Å². The number of amides is 2. The standard InChI is InChI=1S/C33H24Cl2N2O5/c34-20-10-11-23(25(35)14-20)28(38)16-42-33(41)24-15-27(36-26-7-2-1-6-22(24)26)17-4-3-5-21(13-17)37-31(39)29-18-8-9-19(12-18)30(29)32(37)40/h1-7,10-11,13-15,18-19,29-30H,8-9,12,16H2. The number of carbonyl (C=O) groups excluding carboxylic acids is 4. The van der Waals surface area contributed by atoms with Crippen LogP contribution in [-0.4, -0.2) is 35.2 Å². The number of halogens is 2. The van der Waals surface area contributed by atoms with Crippen LogP contribution in [0.3, 0.4) is 0 Å². The van der Waals surface area contributed by atoms with Gasteiger partial charge in [-0.2, -0.15) is 0 Å². The summed E-state index contributed by atoms with van der Waals surface area (Å²) in [5.41, 5.74) is 2.59. The molecule has 1 saturated heterocycles. The first-order valence-electron chi connectivity index (χ1n) is 13.8. The first kappa shape index (κ1) is 26.8. The summed E-state index contributed by atoms with van der Waals surface area (Å²) < 4.78 is 5.42. The first-order valence-corrected chi connectivity index (χ1v) is 14.6. The van der Waals surface area contributed by atoms with Gasteiger partial charge in [-0.15, -0.1) is 0 Å². The number of nitrogens with zero attached hydrogens (tertiary/aromatic N) is 2. The van der Waals surface area contributed by atoms with Gasteiger partial charge in [0.1, 0.15) is 0 Å². The maximum Gasteiger partial charge on any atom is 0.339 e. The number of hydrogen-bond acceptors (Lipinski definition) is 6. The van der Waals surface area contributed by atoms with E-state index in [-0.39, 0.29) is 39.8 Å². The lowest BCUT2D eigenvalue weighted by Crippen LogP contribution is -2.32. The van der Waals surface area contributed by atoms with Crippen molar-refractivity contribution >= 4 is 63.4 Å². The molecule has 4 atom stereocenters. The van der Waals surface area contributed by atoms with Gasteiger partial charge in [0.05, 0.1) is 39.3 Å². The Balaban J connectivity index is 1.19. The van der Waals surface area contributed by atoms with Gasteiger partial charge < -0.3 is 4.74 Å². The number of rotatable bonds is 6. The summed E-state index contributed by atoms with van der Waals surface area (Å²) in [6, 6.07) is 20.3. The fourth-order valence-corrected chi connectivity index (χ4v) is 7.48. The van der Waals surface area contributed by atoms with E-state index in [0.717, 1.165) is 19.3 Å². The number of anilines is 1. The lowest BCUT2D eigenvalue weighted by atomic mass is 9.81. The molecule has 1 aromatic heterocycles. The largest absolute Gasteiger partial charge is 0.454 e. The van der Waals surface area contributed by atoms with Gasteiger partial charge >= 0.3 is 5.97 Å². The molecule has 2 bridgehead atoms. The SMILES string of the molecule is O=C(COC(=O)c1cc(-c2cccc(N3C(=O)C4C5CCC(C5)C4C3=O)c2)nc2ccccc12)c1ccc(Cl)cc1Cl. The van der Waals surface area contributed by atoms with Crippen molar-refractivity contribution in [1.82, 2.24) is 4.98 Å². The van der Waals surface area contributed by atoms with Gasteiger partial charge in [-0.3, -0.25) is 19.3 Å². The molecule has 4 aromatic rings. The third kappa shape index (κ3) is 4.39. The summed E-state index contributed by atoms with van der Waals surface area (Å²) >= 11 is 12.1. The van der Waals surface area contributed by atoms with Gasteiger partial charge in [0, 0.05) is 21.5 Å². The van der Waals surface area contributed by atoms with Crippen LogP contribution in [0.25, 0.3) is 22.2 Å². The van der Waals surface area contributed by atoms with E-state index >= 15 is 0 Å². The number of ketones is 1. The monoisotopic (exact) mass is 598 g/mol. The van der Waals surface area contributed by atoms with Gasteiger partial charge in [0.2, 0.25) is 17.6 Å². The molecular weight excluding hydrogens is 575 g/mol. The number of esters is 1. The Hall–Kier alpha value is -4.07. The zero-order valence-corrected chi connectivity index (χ0v) is 23.8. The number of hydrogen-bond donors (Lipinski definition) is 0. The number of imide groups is 1. The van der Waals surface area contributed by atoms with E-state index in [1.807, 2.05) is 12.1 Å². The highest BCUT2D eigenvalue weighted by Crippen LogP contribution is 2.56. The van der Waals surface area contributed by atoms with Crippen LogP contribution >= 0.6 is 23.2 Å². The first-order chi connectivity index (χ1) is 20.3. The van der Waals surface area contributed by atoms with Crippen LogP contribution in [0.4, 0.5) is 5.69 Å². The van der Waals surface area contributed by atoms with E-state index in [2.05, 4.69) is 0 Å². The molecule has 1 aliphatic heterocycles. The summed E-state index contributed by atoms with van der Waals surface area (Å²) in [5, 5.41) is 1.13. The number of Topliss-reactive ketones (excluding diaryl/α,β-unsaturated/α-hetero) is 1. The molecule has 2 saturated carbocycles. The molecule has 0 N–H and O–H groups in total. The highest BCUT2D eigenvalue weighted by atomic mass is 35.5. The predicted octanol–water partition coefficient (Wildman–Crippen LogP) is 6.78. The molecule has 3 fully saturated rings. The van der Waals surface area contributed by atoms with E-state index in [0.29, 0.717) is 44.7 Å². The fourth-order valence-electron chi connectivity index (χ4n) is 6.96. The third-order valence-electron chi connectivity index (χ3n) is 8.83. The molecule has 0 spiro atoms. The summed E-state index contributed by atoms with van der Waals surface area (Å²) in [5.74, 6) is -1.24. The lowest BCUT2D eigenvalue weighted by Gasteiger charge is -2.19. The van der Waals surface area contributed by atoms with E-state index in [9.17, 15) is 19.2 Å². The normalized spacial score (nSPS) is 22.6. The maximum absolute atomic E-state index is 13.4. The van der Waals surface area contributed by atoms with E-state index in [4.69, 9.17) is 32.9 Å². The minimum Gasteiger partial charge on any atom is -0.454 e. The van der Waals surface area contributed by atoms with Crippen LogP contribution < -0.4 is 4.90 Å². The third-order valence-corrected chi connectivity index (χ3v) is 9.38. The minimum absolute atomic E-state index is 0.115. The summed E-state index contributed by atoms with van der Waals surface area (Å²) in [4.78, 5) is 58.9. The molecule has 7 rings (SSSR count). The van der Waals surface area contributed by atoms with Crippen LogP contribution in [0.15, 0.2) is 72.8 Å². The Morgan fingerprint density at radius 2 is 1.60 bits per heavy atom. The van der Waals surface area contributed by atoms with Crippen molar-refractivity contribution in [3.8, 4) is 11.3 Å². The van der Waals surface area contributed by atoms with Crippen LogP contribution in [0.5, 0.6) is 0 Å². The number of pyridine rings is 1. The highest BCUT2D eigenvalue weighted by Gasteiger charge is 2.61. The summed E-state index contributed by atoms with van der Waals surface area (Å²) in [6.07, 6.45) is 2.99. The Bertz CT molecular complexity index is 1790. The van der Waals surface area contributed by atoms with Gasteiger partial charge in [0.25, 0.3) is 0 Å². The Morgan fingerprint density at radius 1 is 0.857 bits per heavy atom. The van der Waals surface area contributed by atoms with Crippen LogP contribution in [0.1, 0.15) is 40.0 Å². The van der Waals surface area contributed by atoms with E-state index < -0.39 is 18.4 Å². The molecule has 42 heavy (non-hydrogen) atoms. The van der Waals surface area contributed by atoms with Crippen LogP contribution in [0, 0.1) is 23.7 Å². The van der Waals surface area contributed by atoms with Gasteiger partial charge in [0.15, 0.2) is 6.61 Å². The fraction of sp³-hybridized carbons (Fsp3) is 0.242. The molecule has 9 heteroatoms. The molecule has 2 aliphatic carbocycles. The second-order valence-corrected chi connectivity index (χ2v) is 12.0. The van der Waals surface area contributed by atoms with Crippen molar-refractivity contribution in [1.29, 1.82) is 0 Å². The zero-order chi connectivity index (χ0) is 29.1. The van der Waals surface area contributed by atoms with Gasteiger partial charge in [-0.25, -0.2) is 9.78 Å². The molecule has 4 unspecified atom stereocenters. The van der Waals surface area contributed by atoms with Crippen molar-refractivity contribution in [2.45, 2.75) is 19.3 Å². The molecule has 3 aliphatic rings. The number of fused-ring (bicyclic) bond motifs is 6. The Kier molecular flexibility index (Phi) is 6.59. The second-order valence-electron chi connectivity index (χ2n) is 11.1. The molecule has 7 nitrogen and oxygen atoms in total. The zero-order valence-electron chi connectivity index (χ0n) is 22.3. The van der Waals surface area contributed by atoms with Crippen LogP contribution in [-0.2, 0) is 14.3 Å². The average molecular weight is 599 g/mol. The van der Waals surface area contributed by atoms with Crippen molar-refractivity contribution in [3.05, 3.63) is 94.0 Å². The quantitative estimate of drug-likeness (QED) is 0.138. The number of ether oxygens (including phenoxy) is 1. The number of benzene rings is 3. The van der Waals surface area contributed by atoms with E-state index in [1.165, 1.54) is 17.0 Å². The average Bonchev–Trinajstić information content (AvgIpc) is 3.68.